The Morgan fingerprint density at radius 2 is 2.06 bits per heavy atom. The van der Waals surface area contributed by atoms with E-state index in [1.54, 1.807) is 18.2 Å². The molecule has 0 atom stereocenters. The number of ketones is 1. The van der Waals surface area contributed by atoms with Crippen LogP contribution in [0.3, 0.4) is 0 Å². The zero-order chi connectivity index (χ0) is 12.6. The summed E-state index contributed by atoms with van der Waals surface area (Å²) in [6.07, 6.45) is 1.27. The number of carboxylic acid groups (broad SMARTS) is 1. The van der Waals surface area contributed by atoms with Crippen LogP contribution in [0.4, 0.5) is 0 Å². The van der Waals surface area contributed by atoms with Gasteiger partial charge in [-0.15, -0.1) is 0 Å². The summed E-state index contributed by atoms with van der Waals surface area (Å²) in [6, 6.07) is 5.04. The number of pyridine rings is 1. The van der Waals surface area contributed by atoms with Crippen LogP contribution in [0.25, 0.3) is 10.9 Å². The van der Waals surface area contributed by atoms with Crippen molar-refractivity contribution in [2.24, 2.45) is 0 Å². The number of hydrogen-bond acceptors (Lipinski definition) is 4. The van der Waals surface area contributed by atoms with E-state index < -0.39 is 5.97 Å². The maximum atomic E-state index is 11.4. The summed E-state index contributed by atoms with van der Waals surface area (Å²) in [5.41, 5.74) is 0.469. The summed E-state index contributed by atoms with van der Waals surface area (Å²) in [7, 11) is 0. The first-order valence-corrected chi connectivity index (χ1v) is 5.60. The molecule has 2 rings (SSSR count). The zero-order valence-corrected chi connectivity index (χ0v) is 10.4. The van der Waals surface area contributed by atoms with Gasteiger partial charge in [0.1, 0.15) is 0 Å². The van der Waals surface area contributed by atoms with Crippen LogP contribution in [0.5, 0.6) is 0 Å². The van der Waals surface area contributed by atoms with Gasteiger partial charge in [0.25, 0.3) is 0 Å². The summed E-state index contributed by atoms with van der Waals surface area (Å²) < 4.78 is 0.718. The molecule has 0 spiro atoms. The second-order valence-electron chi connectivity index (χ2n) is 3.55. The molecule has 0 N–H and O–H groups in total. The Labute approximate surface area is 105 Å². The number of carbonyl (C=O) groups is 2. The lowest BCUT2D eigenvalue weighted by Gasteiger charge is -2.11. The Morgan fingerprint density at radius 1 is 1.35 bits per heavy atom. The number of Topliss-reactive ketones (excluding diaryl/α,β-unsaturated/α-hetero) is 1. The fraction of sp³-hybridized carbons (Fsp3) is 0.0833. The van der Waals surface area contributed by atoms with Crippen molar-refractivity contribution < 1.29 is 14.7 Å². The number of aromatic carboxylic acids is 1. The van der Waals surface area contributed by atoms with Gasteiger partial charge in [0.15, 0.2) is 5.78 Å². The molecule has 0 saturated carbocycles. The predicted octanol–water partition coefficient (Wildman–Crippen LogP) is 1.56. The highest BCUT2D eigenvalue weighted by Crippen LogP contribution is 2.24. The highest BCUT2D eigenvalue weighted by Gasteiger charge is 2.13. The number of halogens is 1. The van der Waals surface area contributed by atoms with Crippen molar-refractivity contribution in [3.05, 3.63) is 40.0 Å². The van der Waals surface area contributed by atoms with Crippen LogP contribution in [0.2, 0.25) is 0 Å². The molecule has 1 aromatic carbocycles. The molecule has 86 valence electrons. The zero-order valence-electron chi connectivity index (χ0n) is 8.86. The number of carboxylic acids is 1. The summed E-state index contributed by atoms with van der Waals surface area (Å²) in [5, 5.41) is 11.5. The molecule has 17 heavy (non-hydrogen) atoms. The largest absolute Gasteiger partial charge is 0.545 e. The summed E-state index contributed by atoms with van der Waals surface area (Å²) in [5.74, 6) is -1.72. The van der Waals surface area contributed by atoms with E-state index in [2.05, 4.69) is 20.9 Å². The maximum Gasteiger partial charge on any atom is 0.162 e. The van der Waals surface area contributed by atoms with Crippen LogP contribution in [-0.4, -0.2) is 16.7 Å². The van der Waals surface area contributed by atoms with Crippen LogP contribution in [0, 0.1) is 0 Å². The van der Waals surface area contributed by atoms with Crippen molar-refractivity contribution in [2.75, 3.05) is 0 Å². The number of aromatic nitrogens is 1. The van der Waals surface area contributed by atoms with Gasteiger partial charge >= 0.3 is 0 Å². The molecule has 0 unspecified atom stereocenters. The molecule has 0 radical (unpaired) electrons. The average molecular weight is 293 g/mol. The van der Waals surface area contributed by atoms with Crippen molar-refractivity contribution in [2.45, 2.75) is 6.92 Å². The van der Waals surface area contributed by atoms with Crippen LogP contribution in [0.15, 0.2) is 28.9 Å². The van der Waals surface area contributed by atoms with Crippen molar-refractivity contribution in [3.8, 4) is 0 Å². The van der Waals surface area contributed by atoms with Crippen LogP contribution in [-0.2, 0) is 0 Å². The number of fused-ring (bicyclic) bond motifs is 1. The van der Waals surface area contributed by atoms with Gasteiger partial charge in [-0.25, -0.2) is 0 Å². The number of nitrogens with zero attached hydrogens (tertiary/aromatic N) is 1. The molecule has 0 saturated heterocycles. The summed E-state index contributed by atoms with van der Waals surface area (Å²) >= 11 is 3.25. The molecule has 5 heteroatoms. The number of hydrogen-bond donors (Lipinski definition) is 0. The first-order valence-electron chi connectivity index (χ1n) is 4.81. The second kappa shape index (κ2) is 4.25. The monoisotopic (exact) mass is 292 g/mol. The quantitative estimate of drug-likeness (QED) is 0.788. The second-order valence-corrected chi connectivity index (χ2v) is 4.47. The molecule has 2 aromatic rings. The van der Waals surface area contributed by atoms with Gasteiger partial charge in [-0.1, -0.05) is 15.9 Å². The minimum atomic E-state index is -1.37. The molecule has 0 amide bonds. The van der Waals surface area contributed by atoms with Gasteiger partial charge in [-0.05, 0) is 25.1 Å². The van der Waals surface area contributed by atoms with Gasteiger partial charge in [0, 0.05) is 27.2 Å². The van der Waals surface area contributed by atoms with Crippen LogP contribution in [0.1, 0.15) is 27.6 Å². The van der Waals surface area contributed by atoms with E-state index in [-0.39, 0.29) is 16.9 Å². The molecule has 0 aliphatic carbocycles. The Morgan fingerprint density at radius 3 is 2.65 bits per heavy atom. The molecule has 4 nitrogen and oxygen atoms in total. The molecule has 0 bridgehead atoms. The van der Waals surface area contributed by atoms with Crippen molar-refractivity contribution in [3.63, 3.8) is 0 Å². The van der Waals surface area contributed by atoms with Gasteiger partial charge in [-0.2, -0.15) is 0 Å². The van der Waals surface area contributed by atoms with E-state index in [0.717, 1.165) is 4.47 Å². The predicted molar refractivity (Wildman–Crippen MR) is 63.8 cm³/mol. The Balaban J connectivity index is 2.92. The third kappa shape index (κ3) is 2.06. The van der Waals surface area contributed by atoms with E-state index in [9.17, 15) is 14.7 Å². The lowest BCUT2D eigenvalue weighted by atomic mass is 10.0. The Kier molecular flexibility index (Phi) is 2.93. The fourth-order valence-electron chi connectivity index (χ4n) is 1.65. The molecular formula is C12H7BrNO3-. The van der Waals surface area contributed by atoms with Gasteiger partial charge in [0.05, 0.1) is 11.5 Å². The van der Waals surface area contributed by atoms with Crippen LogP contribution >= 0.6 is 15.9 Å². The molecule has 0 aliphatic heterocycles. The number of rotatable bonds is 2. The van der Waals surface area contributed by atoms with Gasteiger partial charge in [0.2, 0.25) is 0 Å². The average Bonchev–Trinajstić information content (AvgIpc) is 2.26. The van der Waals surface area contributed by atoms with E-state index in [1.165, 1.54) is 13.1 Å². The lowest BCUT2D eigenvalue weighted by Crippen LogP contribution is -2.25. The number of carbonyl (C=O) groups excluding carboxylic acids is 2. The third-order valence-corrected chi connectivity index (χ3v) is 2.91. The van der Waals surface area contributed by atoms with E-state index in [4.69, 9.17) is 0 Å². The summed E-state index contributed by atoms with van der Waals surface area (Å²) in [4.78, 5) is 26.6. The minimum Gasteiger partial charge on any atom is -0.545 e. The highest BCUT2D eigenvalue weighted by molar-refractivity contribution is 9.10. The van der Waals surface area contributed by atoms with Crippen molar-refractivity contribution in [1.82, 2.24) is 4.98 Å². The van der Waals surface area contributed by atoms with Gasteiger partial charge < -0.3 is 9.90 Å². The Bertz CT molecular complexity index is 637. The third-order valence-electron chi connectivity index (χ3n) is 2.41. The summed E-state index contributed by atoms with van der Waals surface area (Å²) in [6.45, 7) is 1.30. The van der Waals surface area contributed by atoms with E-state index >= 15 is 0 Å². The minimum absolute atomic E-state index is 0.0654. The SMILES string of the molecule is CC(=O)c1cnc2ccc(Br)cc2c1C(=O)[O-]. The standard InChI is InChI=1S/C12H8BrNO3/c1-6(15)9-5-14-10-3-2-7(13)4-8(10)11(9)12(16)17/h2-5H,1H3,(H,16,17)/p-1. The molecule has 0 aliphatic rings. The smallest absolute Gasteiger partial charge is 0.162 e. The topological polar surface area (TPSA) is 70.1 Å². The first-order chi connectivity index (χ1) is 8.00. The van der Waals surface area contributed by atoms with E-state index in [0.29, 0.717) is 10.9 Å². The van der Waals surface area contributed by atoms with Crippen molar-refractivity contribution >= 4 is 38.6 Å². The fourth-order valence-corrected chi connectivity index (χ4v) is 2.01. The molecule has 1 aromatic heterocycles. The number of benzene rings is 1. The maximum absolute atomic E-state index is 11.4. The Hall–Kier alpha value is -1.75. The lowest BCUT2D eigenvalue weighted by molar-refractivity contribution is -0.254. The molecule has 0 fully saturated rings. The van der Waals surface area contributed by atoms with Crippen molar-refractivity contribution in [1.29, 1.82) is 0 Å². The van der Waals surface area contributed by atoms with Gasteiger partial charge in [-0.3, -0.25) is 9.78 Å². The van der Waals surface area contributed by atoms with Crippen LogP contribution < -0.4 is 5.11 Å². The molecular weight excluding hydrogens is 286 g/mol. The highest BCUT2D eigenvalue weighted by atomic mass is 79.9. The molecule has 1 heterocycles. The first kappa shape index (κ1) is 11.7. The normalized spacial score (nSPS) is 10.5. The van der Waals surface area contributed by atoms with E-state index in [1.807, 2.05) is 0 Å².